The fourth-order valence-corrected chi connectivity index (χ4v) is 5.04. The number of benzene rings is 2. The van der Waals surface area contributed by atoms with Crippen LogP contribution in [0.25, 0.3) is 44.3 Å². The van der Waals surface area contributed by atoms with E-state index in [0.717, 1.165) is 57.3 Å². The summed E-state index contributed by atoms with van der Waals surface area (Å²) in [6.07, 6.45) is 12.4. The standard InChI is InChI=1S/C32H33N3O/c1-2-3-4-5-6-7-12-21-35-30-17-15-24(28-13-8-10-19-33-28)22-26(30)32(36)27-23-25(16-18-31(27)35)29-14-9-11-20-34-29/h8-11,13-20,22-23H,2-7,12,21H2,1H3. The minimum absolute atomic E-state index is 0.0615. The summed E-state index contributed by atoms with van der Waals surface area (Å²) in [5.74, 6) is 0. The number of nitrogens with zero attached hydrogens (tertiary/aromatic N) is 3. The second-order valence-corrected chi connectivity index (χ2v) is 9.50. The molecule has 0 amide bonds. The lowest BCUT2D eigenvalue weighted by Crippen LogP contribution is -2.12. The van der Waals surface area contributed by atoms with Crippen LogP contribution in [0.15, 0.2) is 90.0 Å². The average Bonchev–Trinajstić information content (AvgIpc) is 2.94. The fourth-order valence-electron chi connectivity index (χ4n) is 5.04. The molecule has 0 N–H and O–H groups in total. The van der Waals surface area contributed by atoms with Gasteiger partial charge in [-0.05, 0) is 55.0 Å². The molecule has 3 heterocycles. The van der Waals surface area contributed by atoms with Crippen molar-refractivity contribution in [1.29, 1.82) is 0 Å². The van der Waals surface area contributed by atoms with Crippen LogP contribution in [-0.2, 0) is 6.54 Å². The van der Waals surface area contributed by atoms with Gasteiger partial charge in [-0.25, -0.2) is 0 Å². The number of aromatic nitrogens is 3. The molecule has 5 aromatic rings. The van der Waals surface area contributed by atoms with Crippen molar-refractivity contribution in [2.75, 3.05) is 0 Å². The van der Waals surface area contributed by atoms with Crippen LogP contribution in [0.5, 0.6) is 0 Å². The molecule has 0 aliphatic carbocycles. The van der Waals surface area contributed by atoms with E-state index in [4.69, 9.17) is 0 Å². The van der Waals surface area contributed by atoms with Crippen LogP contribution in [0, 0.1) is 0 Å². The molecule has 5 rings (SSSR count). The van der Waals surface area contributed by atoms with Crippen LogP contribution in [0.4, 0.5) is 0 Å². The minimum atomic E-state index is 0.0615. The van der Waals surface area contributed by atoms with Crippen LogP contribution in [-0.4, -0.2) is 14.5 Å². The van der Waals surface area contributed by atoms with Crippen molar-refractivity contribution in [1.82, 2.24) is 14.5 Å². The topological polar surface area (TPSA) is 47.8 Å². The van der Waals surface area contributed by atoms with E-state index < -0.39 is 0 Å². The Hall–Kier alpha value is -3.79. The molecule has 0 aliphatic rings. The molecule has 0 radical (unpaired) electrons. The van der Waals surface area contributed by atoms with Crippen molar-refractivity contribution < 1.29 is 0 Å². The van der Waals surface area contributed by atoms with Gasteiger partial charge in [0.05, 0.1) is 22.4 Å². The zero-order valence-electron chi connectivity index (χ0n) is 21.0. The van der Waals surface area contributed by atoms with E-state index in [1.54, 1.807) is 12.4 Å². The maximum absolute atomic E-state index is 13.8. The Morgan fingerprint density at radius 2 is 1.17 bits per heavy atom. The van der Waals surface area contributed by atoms with Gasteiger partial charge in [0.2, 0.25) is 0 Å². The Balaban J connectivity index is 1.58. The highest BCUT2D eigenvalue weighted by Gasteiger charge is 2.14. The third-order valence-corrected chi connectivity index (χ3v) is 6.97. The Bertz CT molecular complexity index is 1400. The highest BCUT2D eigenvalue weighted by Crippen LogP contribution is 2.28. The number of pyridine rings is 3. The zero-order chi connectivity index (χ0) is 24.7. The first kappa shape index (κ1) is 23.9. The molecule has 0 saturated carbocycles. The highest BCUT2D eigenvalue weighted by molar-refractivity contribution is 5.96. The molecular formula is C32H33N3O. The smallest absolute Gasteiger partial charge is 0.197 e. The second kappa shape index (κ2) is 11.3. The van der Waals surface area contributed by atoms with Gasteiger partial charge in [-0.2, -0.15) is 0 Å². The predicted molar refractivity (Wildman–Crippen MR) is 150 cm³/mol. The van der Waals surface area contributed by atoms with E-state index in [2.05, 4.69) is 45.7 Å². The van der Waals surface area contributed by atoms with Crippen LogP contribution >= 0.6 is 0 Å². The van der Waals surface area contributed by atoms with Gasteiger partial charge in [0.25, 0.3) is 0 Å². The van der Waals surface area contributed by atoms with Crippen molar-refractivity contribution in [2.24, 2.45) is 0 Å². The lowest BCUT2D eigenvalue weighted by molar-refractivity contribution is 0.560. The molecule has 0 bridgehead atoms. The average molecular weight is 476 g/mol. The van der Waals surface area contributed by atoms with E-state index in [9.17, 15) is 4.79 Å². The first-order valence-electron chi connectivity index (χ1n) is 13.2. The van der Waals surface area contributed by atoms with Gasteiger partial charge in [-0.3, -0.25) is 14.8 Å². The molecule has 182 valence electrons. The molecule has 0 spiro atoms. The Morgan fingerprint density at radius 1 is 0.639 bits per heavy atom. The molecule has 0 saturated heterocycles. The molecule has 0 unspecified atom stereocenters. The van der Waals surface area contributed by atoms with Crippen LogP contribution < -0.4 is 5.43 Å². The van der Waals surface area contributed by atoms with Crippen molar-refractivity contribution >= 4 is 21.8 Å². The summed E-state index contributed by atoms with van der Waals surface area (Å²) in [6, 6.07) is 24.1. The first-order chi connectivity index (χ1) is 17.8. The molecular weight excluding hydrogens is 442 g/mol. The third-order valence-electron chi connectivity index (χ3n) is 6.97. The number of aryl methyl sites for hydroxylation is 1. The van der Waals surface area contributed by atoms with Crippen molar-refractivity contribution in [2.45, 2.75) is 58.4 Å². The SMILES string of the molecule is CCCCCCCCCn1c2ccc(-c3ccccn3)cc2c(=O)c2cc(-c3ccccn3)ccc21. The van der Waals surface area contributed by atoms with E-state index in [1.165, 1.54) is 38.5 Å². The zero-order valence-corrected chi connectivity index (χ0v) is 21.0. The maximum Gasteiger partial charge on any atom is 0.197 e. The van der Waals surface area contributed by atoms with Crippen LogP contribution in [0.1, 0.15) is 51.9 Å². The molecule has 0 aliphatic heterocycles. The summed E-state index contributed by atoms with van der Waals surface area (Å²) < 4.78 is 2.34. The Morgan fingerprint density at radius 3 is 1.67 bits per heavy atom. The van der Waals surface area contributed by atoms with Gasteiger partial charge in [-0.15, -0.1) is 0 Å². The van der Waals surface area contributed by atoms with E-state index in [1.807, 2.05) is 48.5 Å². The Labute approximate surface area is 212 Å². The van der Waals surface area contributed by atoms with Gasteiger partial charge in [0.15, 0.2) is 5.43 Å². The maximum atomic E-state index is 13.8. The van der Waals surface area contributed by atoms with Crippen molar-refractivity contribution in [3.8, 4) is 22.5 Å². The largest absolute Gasteiger partial charge is 0.340 e. The van der Waals surface area contributed by atoms with Crippen LogP contribution in [0.2, 0.25) is 0 Å². The normalized spacial score (nSPS) is 11.4. The van der Waals surface area contributed by atoms with Gasteiger partial charge < -0.3 is 4.57 Å². The summed E-state index contributed by atoms with van der Waals surface area (Å²) >= 11 is 0. The van der Waals surface area contributed by atoms with E-state index in [-0.39, 0.29) is 5.43 Å². The third kappa shape index (κ3) is 5.08. The van der Waals surface area contributed by atoms with E-state index >= 15 is 0 Å². The fraction of sp³-hybridized carbons (Fsp3) is 0.281. The number of hydrogen-bond acceptors (Lipinski definition) is 3. The second-order valence-electron chi connectivity index (χ2n) is 9.50. The minimum Gasteiger partial charge on any atom is -0.340 e. The van der Waals surface area contributed by atoms with Crippen molar-refractivity contribution in [3.63, 3.8) is 0 Å². The summed E-state index contributed by atoms with van der Waals surface area (Å²) in [6.45, 7) is 3.15. The predicted octanol–water partition coefficient (Wildman–Crippen LogP) is 8.03. The highest BCUT2D eigenvalue weighted by atomic mass is 16.1. The quantitative estimate of drug-likeness (QED) is 0.152. The summed E-state index contributed by atoms with van der Waals surface area (Å²) in [5.41, 5.74) is 5.71. The first-order valence-corrected chi connectivity index (χ1v) is 13.2. The summed E-state index contributed by atoms with van der Waals surface area (Å²) in [7, 11) is 0. The molecule has 0 atom stereocenters. The monoisotopic (exact) mass is 475 g/mol. The van der Waals surface area contributed by atoms with Crippen molar-refractivity contribution in [3.05, 3.63) is 95.4 Å². The summed E-state index contributed by atoms with van der Waals surface area (Å²) in [4.78, 5) is 22.8. The van der Waals surface area contributed by atoms with Gasteiger partial charge in [0, 0.05) is 40.8 Å². The number of hydrogen-bond donors (Lipinski definition) is 0. The molecule has 3 aromatic heterocycles. The van der Waals surface area contributed by atoms with E-state index in [0.29, 0.717) is 0 Å². The lowest BCUT2D eigenvalue weighted by Gasteiger charge is -2.17. The molecule has 2 aromatic carbocycles. The number of fused-ring (bicyclic) bond motifs is 2. The van der Waals surface area contributed by atoms with Gasteiger partial charge in [0.1, 0.15) is 0 Å². The number of unbranched alkanes of at least 4 members (excludes halogenated alkanes) is 6. The lowest BCUT2D eigenvalue weighted by atomic mass is 10.0. The summed E-state index contributed by atoms with van der Waals surface area (Å²) in [5, 5.41) is 1.48. The van der Waals surface area contributed by atoms with Gasteiger partial charge in [-0.1, -0.05) is 69.7 Å². The van der Waals surface area contributed by atoms with Gasteiger partial charge >= 0.3 is 0 Å². The Kier molecular flexibility index (Phi) is 7.51. The van der Waals surface area contributed by atoms with Crippen LogP contribution in [0.3, 0.4) is 0 Å². The number of rotatable bonds is 10. The molecule has 0 fully saturated rings. The molecule has 36 heavy (non-hydrogen) atoms. The molecule has 4 heteroatoms. The molecule has 4 nitrogen and oxygen atoms in total.